The predicted molar refractivity (Wildman–Crippen MR) is 68.3 cm³/mol. The zero-order valence-electron chi connectivity index (χ0n) is 11.3. The van der Waals surface area contributed by atoms with Gasteiger partial charge in [-0.25, -0.2) is 9.78 Å². The maximum absolute atomic E-state index is 11.8. The molecule has 2 rings (SSSR count). The van der Waals surface area contributed by atoms with Crippen molar-refractivity contribution >= 4 is 5.97 Å². The number of hydrogen-bond donors (Lipinski definition) is 1. The molecule has 0 spiro atoms. The molecule has 5 heteroatoms. The summed E-state index contributed by atoms with van der Waals surface area (Å²) in [6.07, 6.45) is 6.36. The summed E-state index contributed by atoms with van der Waals surface area (Å²) in [5.74, 6) is -0.247. The molecule has 0 saturated carbocycles. The number of aromatic nitrogens is 2. The van der Waals surface area contributed by atoms with Crippen LogP contribution in [0.1, 0.15) is 31.2 Å². The summed E-state index contributed by atoms with van der Waals surface area (Å²) in [5.41, 5.74) is 1.75. The van der Waals surface area contributed by atoms with Crippen LogP contribution in [0.2, 0.25) is 0 Å². The Labute approximate surface area is 108 Å². The fourth-order valence-electron chi connectivity index (χ4n) is 2.48. The molecule has 100 valence electrons. The fraction of sp³-hybridized carbons (Fsp3) is 0.692. The number of aryl methyl sites for hydroxylation is 1. The number of hydrogen-bond acceptors (Lipinski definition) is 4. The minimum absolute atomic E-state index is 0.247. The van der Waals surface area contributed by atoms with Gasteiger partial charge in [-0.1, -0.05) is 0 Å². The van der Waals surface area contributed by atoms with Crippen molar-refractivity contribution < 1.29 is 9.53 Å². The number of esters is 1. The van der Waals surface area contributed by atoms with E-state index >= 15 is 0 Å². The highest BCUT2D eigenvalue weighted by atomic mass is 16.5. The predicted octanol–water partition coefficient (Wildman–Crippen LogP) is 0.913. The zero-order valence-corrected chi connectivity index (χ0v) is 11.3. The number of carbonyl (C=O) groups excluding carboxylic acids is 1. The number of fused-ring (bicyclic) bond motifs is 1. The van der Waals surface area contributed by atoms with Crippen molar-refractivity contribution in [3.8, 4) is 0 Å². The SMILES string of the molecule is CNC(C)(Cn1cnc2c1CCCC2)C(=O)OC. The highest BCUT2D eigenvalue weighted by Gasteiger charge is 2.34. The summed E-state index contributed by atoms with van der Waals surface area (Å²) in [4.78, 5) is 16.3. The van der Waals surface area contributed by atoms with E-state index in [4.69, 9.17) is 4.74 Å². The van der Waals surface area contributed by atoms with E-state index in [0.717, 1.165) is 12.8 Å². The average Bonchev–Trinajstić information content (AvgIpc) is 2.81. The van der Waals surface area contributed by atoms with Gasteiger partial charge in [0.15, 0.2) is 0 Å². The summed E-state index contributed by atoms with van der Waals surface area (Å²) in [6.45, 7) is 2.41. The number of methoxy groups -OCH3 is 1. The van der Waals surface area contributed by atoms with E-state index in [1.807, 2.05) is 13.3 Å². The molecule has 5 nitrogen and oxygen atoms in total. The molecule has 1 heterocycles. The molecule has 0 aliphatic heterocycles. The smallest absolute Gasteiger partial charge is 0.327 e. The van der Waals surface area contributed by atoms with Crippen LogP contribution in [0.25, 0.3) is 0 Å². The molecule has 1 aliphatic carbocycles. The molecule has 1 aromatic heterocycles. The Hall–Kier alpha value is -1.36. The van der Waals surface area contributed by atoms with Gasteiger partial charge in [-0.15, -0.1) is 0 Å². The molecule has 0 bridgehead atoms. The summed E-state index contributed by atoms with van der Waals surface area (Å²) in [5, 5.41) is 3.05. The van der Waals surface area contributed by atoms with E-state index < -0.39 is 5.54 Å². The number of nitrogens with zero attached hydrogens (tertiary/aromatic N) is 2. The molecule has 1 atom stereocenters. The quantitative estimate of drug-likeness (QED) is 0.808. The maximum Gasteiger partial charge on any atom is 0.327 e. The largest absolute Gasteiger partial charge is 0.468 e. The highest BCUT2D eigenvalue weighted by molar-refractivity contribution is 5.80. The Morgan fingerprint density at radius 1 is 1.56 bits per heavy atom. The van der Waals surface area contributed by atoms with Crippen LogP contribution in [0.5, 0.6) is 0 Å². The van der Waals surface area contributed by atoms with Crippen LogP contribution in [0.15, 0.2) is 6.33 Å². The van der Waals surface area contributed by atoms with Crippen LogP contribution in [-0.2, 0) is 28.9 Å². The van der Waals surface area contributed by atoms with Gasteiger partial charge >= 0.3 is 5.97 Å². The van der Waals surface area contributed by atoms with Crippen molar-refractivity contribution in [2.75, 3.05) is 14.2 Å². The fourth-order valence-corrected chi connectivity index (χ4v) is 2.48. The molecule has 1 N–H and O–H groups in total. The molecule has 1 unspecified atom stereocenters. The Morgan fingerprint density at radius 3 is 2.94 bits per heavy atom. The van der Waals surface area contributed by atoms with E-state index in [1.165, 1.54) is 31.3 Å². The van der Waals surface area contributed by atoms with Gasteiger partial charge in [0, 0.05) is 5.69 Å². The van der Waals surface area contributed by atoms with Crippen molar-refractivity contribution in [1.29, 1.82) is 0 Å². The first kappa shape index (κ1) is 13.1. The highest BCUT2D eigenvalue weighted by Crippen LogP contribution is 2.21. The van der Waals surface area contributed by atoms with Crippen LogP contribution in [0.4, 0.5) is 0 Å². The van der Waals surface area contributed by atoms with E-state index in [9.17, 15) is 4.79 Å². The lowest BCUT2D eigenvalue weighted by Gasteiger charge is -2.27. The second kappa shape index (κ2) is 5.10. The van der Waals surface area contributed by atoms with Crippen molar-refractivity contribution in [3.63, 3.8) is 0 Å². The van der Waals surface area contributed by atoms with Crippen molar-refractivity contribution in [2.45, 2.75) is 44.7 Å². The molecule has 18 heavy (non-hydrogen) atoms. The molecule has 0 amide bonds. The van der Waals surface area contributed by atoms with E-state index in [0.29, 0.717) is 6.54 Å². The number of likely N-dealkylation sites (N-methyl/N-ethyl adjacent to an activating group) is 1. The maximum atomic E-state index is 11.8. The number of imidazole rings is 1. The van der Waals surface area contributed by atoms with Crippen LogP contribution in [0.3, 0.4) is 0 Å². The zero-order chi connectivity index (χ0) is 13.2. The lowest BCUT2D eigenvalue weighted by Crippen LogP contribution is -2.51. The molecule has 0 fully saturated rings. The molecule has 1 aliphatic rings. The minimum atomic E-state index is -0.708. The van der Waals surface area contributed by atoms with E-state index in [2.05, 4.69) is 14.9 Å². The first-order valence-corrected chi connectivity index (χ1v) is 6.41. The summed E-state index contributed by atoms with van der Waals surface area (Å²) in [7, 11) is 3.20. The van der Waals surface area contributed by atoms with Gasteiger partial charge in [0.05, 0.1) is 25.7 Å². The third-order valence-electron chi connectivity index (χ3n) is 3.78. The molecule has 1 aromatic rings. The Morgan fingerprint density at radius 2 is 2.28 bits per heavy atom. The summed E-state index contributed by atoms with van der Waals surface area (Å²) in [6, 6.07) is 0. The number of carbonyl (C=O) groups is 1. The third-order valence-corrected chi connectivity index (χ3v) is 3.78. The van der Waals surface area contributed by atoms with Gasteiger partial charge in [0.1, 0.15) is 5.54 Å². The van der Waals surface area contributed by atoms with Gasteiger partial charge < -0.3 is 14.6 Å². The Bertz CT molecular complexity index is 441. The summed E-state index contributed by atoms with van der Waals surface area (Å²) < 4.78 is 6.95. The van der Waals surface area contributed by atoms with Gasteiger partial charge in [-0.05, 0) is 39.7 Å². The lowest BCUT2D eigenvalue weighted by atomic mass is 9.99. The second-order valence-corrected chi connectivity index (χ2v) is 5.05. The third kappa shape index (κ3) is 2.27. The number of ether oxygens (including phenoxy) is 1. The van der Waals surface area contributed by atoms with Crippen LogP contribution < -0.4 is 5.32 Å². The first-order chi connectivity index (χ1) is 8.60. The van der Waals surface area contributed by atoms with Gasteiger partial charge in [0.2, 0.25) is 0 Å². The van der Waals surface area contributed by atoms with Crippen LogP contribution in [0, 0.1) is 0 Å². The van der Waals surface area contributed by atoms with Crippen molar-refractivity contribution in [3.05, 3.63) is 17.7 Å². The Kier molecular flexibility index (Phi) is 3.71. The minimum Gasteiger partial charge on any atom is -0.468 e. The summed E-state index contributed by atoms with van der Waals surface area (Å²) >= 11 is 0. The lowest BCUT2D eigenvalue weighted by molar-refractivity contribution is -0.148. The Balaban J connectivity index is 2.22. The first-order valence-electron chi connectivity index (χ1n) is 6.41. The van der Waals surface area contributed by atoms with E-state index in [1.54, 1.807) is 7.05 Å². The standard InChI is InChI=1S/C13H21N3O2/c1-13(14-2,12(17)18-3)8-16-9-15-10-6-4-5-7-11(10)16/h9,14H,4-8H2,1-3H3. The van der Waals surface area contributed by atoms with Crippen molar-refractivity contribution in [2.24, 2.45) is 0 Å². The van der Waals surface area contributed by atoms with Gasteiger partial charge in [-0.3, -0.25) is 0 Å². The molecular formula is C13H21N3O2. The molecule has 0 saturated heterocycles. The molecule has 0 radical (unpaired) electrons. The van der Waals surface area contributed by atoms with Crippen LogP contribution in [-0.4, -0.2) is 35.2 Å². The van der Waals surface area contributed by atoms with Crippen molar-refractivity contribution in [1.82, 2.24) is 14.9 Å². The number of nitrogens with one attached hydrogen (secondary N) is 1. The average molecular weight is 251 g/mol. The van der Waals surface area contributed by atoms with E-state index in [-0.39, 0.29) is 5.97 Å². The molecule has 0 aromatic carbocycles. The monoisotopic (exact) mass is 251 g/mol. The second-order valence-electron chi connectivity index (χ2n) is 5.05. The van der Waals surface area contributed by atoms with Crippen LogP contribution >= 0.6 is 0 Å². The normalized spacial score (nSPS) is 17.9. The molecular weight excluding hydrogens is 230 g/mol. The van der Waals surface area contributed by atoms with Gasteiger partial charge in [0.25, 0.3) is 0 Å². The number of rotatable bonds is 4. The van der Waals surface area contributed by atoms with Gasteiger partial charge in [-0.2, -0.15) is 0 Å². The topological polar surface area (TPSA) is 56.2 Å².